The molecule has 0 aromatic carbocycles. The van der Waals surface area contributed by atoms with Crippen LogP contribution in [0.25, 0.3) is 0 Å². The molecule has 0 bridgehead atoms. The first-order valence-corrected chi connectivity index (χ1v) is 4.74. The Kier molecular flexibility index (Phi) is 4.12. The molecule has 4 heteroatoms. The SMILES string of the molecule is COCN1CC[N+](C)(COC)CC1. The average molecular weight is 189 g/mol. The van der Waals surface area contributed by atoms with Crippen molar-refractivity contribution in [2.24, 2.45) is 0 Å². The minimum absolute atomic E-state index is 0.757. The molecule has 1 aliphatic heterocycles. The normalized spacial score (nSPS) is 23.3. The van der Waals surface area contributed by atoms with Crippen molar-refractivity contribution in [3.05, 3.63) is 0 Å². The standard InChI is InChI=1S/C9H21N2O2/c1-11(9-13-3)6-4-10(5-7-11)8-12-2/h4-9H2,1-3H3/q+1. The maximum absolute atomic E-state index is 5.20. The third-order valence-electron chi connectivity index (χ3n) is 2.66. The minimum atomic E-state index is 0.757. The summed E-state index contributed by atoms with van der Waals surface area (Å²) in [6.45, 7) is 6.09. The molecular formula is C9H21N2O2+. The molecule has 4 nitrogen and oxygen atoms in total. The van der Waals surface area contributed by atoms with Crippen molar-refractivity contribution in [2.75, 3.05) is 60.9 Å². The second-order valence-electron chi connectivity index (χ2n) is 4.02. The van der Waals surface area contributed by atoms with Gasteiger partial charge in [-0.2, -0.15) is 0 Å². The van der Waals surface area contributed by atoms with E-state index in [1.54, 1.807) is 14.2 Å². The van der Waals surface area contributed by atoms with Gasteiger partial charge in [0.25, 0.3) is 0 Å². The molecule has 1 fully saturated rings. The Morgan fingerprint density at radius 3 is 2.23 bits per heavy atom. The zero-order chi connectivity index (χ0) is 9.73. The molecule has 0 spiro atoms. The lowest BCUT2D eigenvalue weighted by molar-refractivity contribution is -0.931. The van der Waals surface area contributed by atoms with Crippen LogP contribution >= 0.6 is 0 Å². The lowest BCUT2D eigenvalue weighted by Gasteiger charge is -2.40. The van der Waals surface area contributed by atoms with E-state index < -0.39 is 0 Å². The number of nitrogens with zero attached hydrogens (tertiary/aromatic N) is 2. The maximum Gasteiger partial charge on any atom is 0.182 e. The molecule has 0 amide bonds. The van der Waals surface area contributed by atoms with Crippen LogP contribution in [-0.2, 0) is 9.47 Å². The zero-order valence-electron chi connectivity index (χ0n) is 8.95. The van der Waals surface area contributed by atoms with Crippen LogP contribution in [0.1, 0.15) is 0 Å². The summed E-state index contributed by atoms with van der Waals surface area (Å²) in [4.78, 5) is 2.33. The van der Waals surface area contributed by atoms with Gasteiger partial charge in [-0.15, -0.1) is 0 Å². The number of quaternary nitrogens is 1. The Bertz CT molecular complexity index is 145. The van der Waals surface area contributed by atoms with Gasteiger partial charge in [0, 0.05) is 14.2 Å². The molecule has 78 valence electrons. The van der Waals surface area contributed by atoms with E-state index in [0.717, 1.165) is 44.1 Å². The van der Waals surface area contributed by atoms with E-state index in [2.05, 4.69) is 11.9 Å². The number of methoxy groups -OCH3 is 2. The summed E-state index contributed by atoms with van der Waals surface area (Å²) in [5.74, 6) is 0. The summed E-state index contributed by atoms with van der Waals surface area (Å²) < 4.78 is 11.3. The molecule has 0 radical (unpaired) electrons. The molecule has 0 N–H and O–H groups in total. The third-order valence-corrected chi connectivity index (χ3v) is 2.66. The number of likely N-dealkylation sites (N-methyl/N-ethyl adjacent to an activating group) is 1. The highest BCUT2D eigenvalue weighted by atomic mass is 16.5. The largest absolute Gasteiger partial charge is 0.369 e. The van der Waals surface area contributed by atoms with Crippen molar-refractivity contribution in [1.82, 2.24) is 4.90 Å². The van der Waals surface area contributed by atoms with E-state index in [-0.39, 0.29) is 0 Å². The van der Waals surface area contributed by atoms with E-state index in [9.17, 15) is 0 Å². The molecule has 1 saturated heterocycles. The smallest absolute Gasteiger partial charge is 0.182 e. The molecule has 0 atom stereocenters. The fraction of sp³-hybridized carbons (Fsp3) is 1.00. The highest BCUT2D eigenvalue weighted by Gasteiger charge is 2.27. The highest BCUT2D eigenvalue weighted by molar-refractivity contribution is 4.58. The highest BCUT2D eigenvalue weighted by Crippen LogP contribution is 2.09. The van der Waals surface area contributed by atoms with Gasteiger partial charge in [0.05, 0.1) is 40.0 Å². The van der Waals surface area contributed by atoms with Gasteiger partial charge in [0.2, 0.25) is 0 Å². The third kappa shape index (κ3) is 3.23. The molecule has 1 heterocycles. The average Bonchev–Trinajstić information content (AvgIpc) is 2.10. The van der Waals surface area contributed by atoms with Crippen LogP contribution in [0.4, 0.5) is 0 Å². The number of piperazine rings is 1. The molecule has 0 aliphatic carbocycles. The molecule has 0 saturated carbocycles. The molecule has 1 aliphatic rings. The van der Waals surface area contributed by atoms with Crippen LogP contribution in [0, 0.1) is 0 Å². The summed E-state index contributed by atoms with van der Waals surface area (Å²) in [6, 6.07) is 0. The Morgan fingerprint density at radius 2 is 1.77 bits per heavy atom. The molecule has 1 rings (SSSR count). The second kappa shape index (κ2) is 4.91. The van der Waals surface area contributed by atoms with Crippen molar-refractivity contribution in [2.45, 2.75) is 0 Å². The van der Waals surface area contributed by atoms with E-state index in [0.29, 0.717) is 0 Å². The summed E-state index contributed by atoms with van der Waals surface area (Å²) in [6.07, 6.45) is 0. The number of hydrogen-bond acceptors (Lipinski definition) is 3. The number of ether oxygens (including phenoxy) is 2. The predicted molar refractivity (Wildman–Crippen MR) is 51.2 cm³/mol. The summed E-state index contributed by atoms with van der Waals surface area (Å²) >= 11 is 0. The van der Waals surface area contributed by atoms with E-state index in [4.69, 9.17) is 9.47 Å². The van der Waals surface area contributed by atoms with Crippen molar-refractivity contribution >= 4 is 0 Å². The van der Waals surface area contributed by atoms with Crippen LogP contribution in [0.5, 0.6) is 0 Å². The number of rotatable bonds is 4. The van der Waals surface area contributed by atoms with Crippen LogP contribution < -0.4 is 0 Å². The van der Waals surface area contributed by atoms with E-state index in [1.165, 1.54) is 0 Å². The first-order chi connectivity index (χ1) is 6.20. The zero-order valence-corrected chi connectivity index (χ0v) is 8.95. The van der Waals surface area contributed by atoms with Crippen molar-refractivity contribution in [3.63, 3.8) is 0 Å². The van der Waals surface area contributed by atoms with Gasteiger partial charge >= 0.3 is 0 Å². The predicted octanol–water partition coefficient (Wildman–Crippen LogP) is -0.0436. The lowest BCUT2D eigenvalue weighted by Crippen LogP contribution is -2.58. The second-order valence-corrected chi connectivity index (χ2v) is 4.02. The first kappa shape index (κ1) is 10.9. The monoisotopic (exact) mass is 189 g/mol. The van der Waals surface area contributed by atoms with Crippen LogP contribution in [0.15, 0.2) is 0 Å². The Labute approximate surface area is 80.6 Å². The van der Waals surface area contributed by atoms with Crippen molar-refractivity contribution < 1.29 is 14.0 Å². The molecular weight excluding hydrogens is 168 g/mol. The van der Waals surface area contributed by atoms with E-state index >= 15 is 0 Å². The fourth-order valence-corrected chi connectivity index (χ4v) is 1.74. The first-order valence-electron chi connectivity index (χ1n) is 4.74. The molecule has 0 unspecified atom stereocenters. The van der Waals surface area contributed by atoms with Gasteiger partial charge in [-0.05, 0) is 0 Å². The van der Waals surface area contributed by atoms with Crippen molar-refractivity contribution in [1.29, 1.82) is 0 Å². The van der Waals surface area contributed by atoms with E-state index in [1.807, 2.05) is 0 Å². The van der Waals surface area contributed by atoms with Crippen LogP contribution in [-0.4, -0.2) is 70.3 Å². The Balaban J connectivity index is 2.28. The fourth-order valence-electron chi connectivity index (χ4n) is 1.74. The Hall–Kier alpha value is -0.160. The van der Waals surface area contributed by atoms with Gasteiger partial charge in [0.1, 0.15) is 0 Å². The molecule has 0 aromatic rings. The summed E-state index contributed by atoms with van der Waals surface area (Å²) in [5, 5.41) is 0. The van der Waals surface area contributed by atoms with Gasteiger partial charge in [-0.1, -0.05) is 0 Å². The molecule has 13 heavy (non-hydrogen) atoms. The molecule has 0 aromatic heterocycles. The summed E-state index contributed by atoms with van der Waals surface area (Å²) in [7, 11) is 5.76. The van der Waals surface area contributed by atoms with Crippen LogP contribution in [0.3, 0.4) is 0 Å². The van der Waals surface area contributed by atoms with Crippen LogP contribution in [0.2, 0.25) is 0 Å². The Morgan fingerprint density at radius 1 is 1.15 bits per heavy atom. The quantitative estimate of drug-likeness (QED) is 0.579. The van der Waals surface area contributed by atoms with Gasteiger partial charge in [0.15, 0.2) is 6.73 Å². The summed E-state index contributed by atoms with van der Waals surface area (Å²) in [5.41, 5.74) is 0. The lowest BCUT2D eigenvalue weighted by atomic mass is 10.3. The maximum atomic E-state index is 5.20. The topological polar surface area (TPSA) is 21.7 Å². The van der Waals surface area contributed by atoms with Gasteiger partial charge < -0.3 is 14.0 Å². The van der Waals surface area contributed by atoms with Crippen molar-refractivity contribution in [3.8, 4) is 0 Å². The van der Waals surface area contributed by atoms with Gasteiger partial charge in [-0.3, -0.25) is 4.90 Å². The number of hydrogen-bond donors (Lipinski definition) is 0. The van der Waals surface area contributed by atoms with Gasteiger partial charge in [-0.25, -0.2) is 0 Å². The minimum Gasteiger partial charge on any atom is -0.369 e.